The van der Waals surface area contributed by atoms with E-state index < -0.39 is 28.2 Å². The molecule has 5 nitrogen and oxygen atoms in total. The third-order valence-electron chi connectivity index (χ3n) is 2.34. The maximum absolute atomic E-state index is 12.1. The normalized spacial score (nSPS) is 11.3. The van der Waals surface area contributed by atoms with Crippen molar-refractivity contribution in [2.45, 2.75) is 11.3 Å². The molecule has 0 radical (unpaired) electrons. The van der Waals surface area contributed by atoms with Crippen molar-refractivity contribution in [2.24, 2.45) is 0 Å². The maximum atomic E-state index is 12.1. The minimum Gasteiger partial charge on any atom is -0.494 e. The Morgan fingerprint density at radius 2 is 2.11 bits per heavy atom. The highest BCUT2D eigenvalue weighted by Gasteiger charge is 2.25. The van der Waals surface area contributed by atoms with E-state index in [0.717, 1.165) is 19.2 Å². The lowest BCUT2D eigenvalue weighted by molar-refractivity contribution is 0.0693. The molecule has 0 aliphatic carbocycles. The molecule has 8 heteroatoms. The summed E-state index contributed by atoms with van der Waals surface area (Å²) in [6.45, 7) is -0.784. The van der Waals surface area contributed by atoms with Crippen molar-refractivity contribution in [3.05, 3.63) is 22.7 Å². The Morgan fingerprint density at radius 1 is 1.47 bits per heavy atom. The monoisotopic (exact) mass is 310 g/mol. The van der Waals surface area contributed by atoms with Gasteiger partial charge in [-0.05, 0) is 18.6 Å². The number of hydrogen-bond acceptors (Lipinski definition) is 4. The number of ether oxygens (including phenoxy) is 1. The van der Waals surface area contributed by atoms with Gasteiger partial charge < -0.3 is 9.84 Å². The lowest BCUT2D eigenvalue weighted by atomic mass is 10.2. The van der Waals surface area contributed by atoms with Gasteiger partial charge in [-0.2, -0.15) is 0 Å². The van der Waals surface area contributed by atoms with Crippen molar-refractivity contribution < 1.29 is 27.4 Å². The number of alkyl halides is 1. The molecule has 1 rings (SSSR count). The van der Waals surface area contributed by atoms with Gasteiger partial charge in [0.05, 0.1) is 19.5 Å². The van der Waals surface area contributed by atoms with E-state index in [1.807, 2.05) is 0 Å². The van der Waals surface area contributed by atoms with E-state index in [1.165, 1.54) is 0 Å². The van der Waals surface area contributed by atoms with Crippen LogP contribution >= 0.6 is 11.6 Å². The Hall–Kier alpha value is -1.34. The van der Waals surface area contributed by atoms with Crippen LogP contribution < -0.4 is 4.74 Å². The first-order chi connectivity index (χ1) is 8.83. The van der Waals surface area contributed by atoms with Crippen LogP contribution in [0.4, 0.5) is 4.39 Å². The third kappa shape index (κ3) is 3.57. The smallest absolute Gasteiger partial charge is 0.339 e. The lowest BCUT2D eigenvalue weighted by Gasteiger charge is -2.12. The number of carbonyl (C=O) groups is 1. The van der Waals surface area contributed by atoms with Gasteiger partial charge in [0.15, 0.2) is 15.6 Å². The topological polar surface area (TPSA) is 80.7 Å². The number of benzene rings is 1. The van der Waals surface area contributed by atoms with Crippen LogP contribution in [0, 0.1) is 0 Å². The zero-order chi connectivity index (χ0) is 14.6. The van der Waals surface area contributed by atoms with Crippen molar-refractivity contribution in [1.82, 2.24) is 0 Å². The van der Waals surface area contributed by atoms with Gasteiger partial charge in [0.1, 0.15) is 10.5 Å². The van der Waals surface area contributed by atoms with E-state index in [0.29, 0.717) is 0 Å². The summed E-state index contributed by atoms with van der Waals surface area (Å²) < 4.78 is 40.9. The van der Waals surface area contributed by atoms with Gasteiger partial charge in [0.25, 0.3) is 0 Å². The molecule has 0 fully saturated rings. The van der Waals surface area contributed by atoms with Gasteiger partial charge in [-0.25, -0.2) is 13.2 Å². The lowest BCUT2D eigenvalue weighted by Crippen LogP contribution is -2.12. The van der Waals surface area contributed by atoms with Crippen LogP contribution in [0.3, 0.4) is 0 Å². The molecule has 106 valence electrons. The van der Waals surface area contributed by atoms with Gasteiger partial charge in [0.2, 0.25) is 0 Å². The van der Waals surface area contributed by atoms with Crippen LogP contribution in [-0.2, 0) is 9.84 Å². The van der Waals surface area contributed by atoms with E-state index in [2.05, 4.69) is 0 Å². The molecule has 0 unspecified atom stereocenters. The van der Waals surface area contributed by atoms with Crippen LogP contribution in [0.5, 0.6) is 5.75 Å². The van der Waals surface area contributed by atoms with Crippen LogP contribution in [0.15, 0.2) is 17.0 Å². The average molecular weight is 311 g/mol. The fourth-order valence-corrected chi connectivity index (χ4v) is 3.30. The molecule has 0 bridgehead atoms. The zero-order valence-corrected chi connectivity index (χ0v) is 11.6. The zero-order valence-electron chi connectivity index (χ0n) is 10.0. The van der Waals surface area contributed by atoms with Crippen molar-refractivity contribution >= 4 is 27.4 Å². The second-order valence-electron chi connectivity index (χ2n) is 3.65. The van der Waals surface area contributed by atoms with E-state index in [9.17, 15) is 17.6 Å². The molecule has 1 aromatic rings. The highest BCUT2D eigenvalue weighted by molar-refractivity contribution is 7.91. The first-order valence-corrected chi connectivity index (χ1v) is 7.26. The fourth-order valence-electron chi connectivity index (χ4n) is 1.52. The van der Waals surface area contributed by atoms with E-state index in [1.54, 1.807) is 0 Å². The fraction of sp³-hybridized carbons (Fsp3) is 0.364. The van der Waals surface area contributed by atoms with Gasteiger partial charge in [-0.3, -0.25) is 4.39 Å². The predicted molar refractivity (Wildman–Crippen MR) is 67.6 cm³/mol. The van der Waals surface area contributed by atoms with E-state index >= 15 is 0 Å². The summed E-state index contributed by atoms with van der Waals surface area (Å²) in [4.78, 5) is 10.7. The number of aromatic carboxylic acids is 1. The van der Waals surface area contributed by atoms with Crippen molar-refractivity contribution in [1.29, 1.82) is 0 Å². The Labute approximate surface area is 114 Å². The molecule has 0 saturated heterocycles. The molecular formula is C11H12ClFO5S. The Balaban J connectivity index is 3.46. The summed E-state index contributed by atoms with van der Waals surface area (Å²) in [7, 11) is -2.70. The molecule has 0 atom stereocenters. The standard InChI is InChI=1S/C11H12ClFO5S/c1-18-10-8(11(14)15)5-7(12)6-9(10)19(16,17)4-2-3-13/h5-6H,2-4H2,1H3,(H,14,15). The average Bonchev–Trinajstić information content (AvgIpc) is 2.35. The third-order valence-corrected chi connectivity index (χ3v) is 4.35. The number of methoxy groups -OCH3 is 1. The highest BCUT2D eigenvalue weighted by atomic mass is 35.5. The van der Waals surface area contributed by atoms with Crippen LogP contribution in [0.1, 0.15) is 16.8 Å². The summed E-state index contributed by atoms with van der Waals surface area (Å²) in [5.41, 5.74) is -0.353. The van der Waals surface area contributed by atoms with Crippen LogP contribution in [0.2, 0.25) is 5.02 Å². The Bertz CT molecular complexity index is 585. The van der Waals surface area contributed by atoms with Gasteiger partial charge >= 0.3 is 5.97 Å². The summed E-state index contributed by atoms with van der Waals surface area (Å²) >= 11 is 5.71. The molecule has 0 aliphatic rings. The van der Waals surface area contributed by atoms with Crippen LogP contribution in [-0.4, -0.2) is 39.0 Å². The van der Waals surface area contributed by atoms with Crippen molar-refractivity contribution in [2.75, 3.05) is 19.5 Å². The maximum Gasteiger partial charge on any atom is 0.339 e. The molecule has 19 heavy (non-hydrogen) atoms. The number of rotatable bonds is 6. The van der Waals surface area contributed by atoms with Crippen LogP contribution in [0.25, 0.3) is 0 Å². The largest absolute Gasteiger partial charge is 0.494 e. The number of hydrogen-bond donors (Lipinski definition) is 1. The summed E-state index contributed by atoms with van der Waals surface area (Å²) in [6, 6.07) is 2.19. The minimum absolute atomic E-state index is 0.0444. The first-order valence-electron chi connectivity index (χ1n) is 5.23. The highest BCUT2D eigenvalue weighted by Crippen LogP contribution is 2.32. The molecule has 0 saturated carbocycles. The molecule has 0 aliphatic heterocycles. The second-order valence-corrected chi connectivity index (χ2v) is 6.17. The quantitative estimate of drug-likeness (QED) is 0.871. The number of halogens is 2. The molecule has 1 N–H and O–H groups in total. The molecular weight excluding hydrogens is 299 g/mol. The number of sulfone groups is 1. The van der Waals surface area contributed by atoms with E-state index in [-0.39, 0.29) is 27.7 Å². The molecule has 0 spiro atoms. The Morgan fingerprint density at radius 3 is 2.58 bits per heavy atom. The van der Waals surface area contributed by atoms with Crippen molar-refractivity contribution in [3.63, 3.8) is 0 Å². The predicted octanol–water partition coefficient (Wildman–Crippen LogP) is 2.18. The van der Waals surface area contributed by atoms with Gasteiger partial charge in [0, 0.05) is 5.02 Å². The molecule has 0 aromatic heterocycles. The minimum atomic E-state index is -3.86. The van der Waals surface area contributed by atoms with E-state index in [4.69, 9.17) is 21.4 Å². The number of carboxylic acids is 1. The molecule has 0 heterocycles. The van der Waals surface area contributed by atoms with Crippen molar-refractivity contribution in [3.8, 4) is 5.75 Å². The summed E-state index contributed by atoms with van der Waals surface area (Å²) in [5, 5.41) is 8.95. The molecule has 0 amide bonds. The molecule has 1 aromatic carbocycles. The van der Waals surface area contributed by atoms with Gasteiger partial charge in [-0.15, -0.1) is 0 Å². The number of carboxylic acid groups (broad SMARTS) is 1. The second kappa shape index (κ2) is 6.21. The first kappa shape index (κ1) is 15.7. The SMILES string of the molecule is COc1c(C(=O)O)cc(Cl)cc1S(=O)(=O)CCCF. The summed E-state index contributed by atoms with van der Waals surface area (Å²) in [6.07, 6.45) is -0.180. The Kier molecular flexibility index (Phi) is 5.13. The summed E-state index contributed by atoms with van der Waals surface area (Å²) in [5.74, 6) is -2.10. The van der Waals surface area contributed by atoms with Gasteiger partial charge in [-0.1, -0.05) is 11.6 Å².